The fourth-order valence-electron chi connectivity index (χ4n) is 1.62. The molecular weight excluding hydrogens is 231 g/mol. The second kappa shape index (κ2) is 3.02. The molecule has 0 atom stereocenters. The Morgan fingerprint density at radius 2 is 2.19 bits per heavy atom. The molecule has 0 unspecified atom stereocenters. The second-order valence-corrected chi connectivity index (χ2v) is 4.25. The largest absolute Gasteiger partial charge is 0.476 e. The smallest absolute Gasteiger partial charge is 0.359 e. The Kier molecular flexibility index (Phi) is 1.75. The van der Waals surface area contributed by atoms with Gasteiger partial charge in [0.15, 0.2) is 4.96 Å². The molecule has 1 aromatic carbocycles. The summed E-state index contributed by atoms with van der Waals surface area (Å²) >= 11 is 1.26. The number of hydrogen-bond donors (Lipinski definition) is 1. The van der Waals surface area contributed by atoms with Crippen LogP contribution in [0.4, 0.5) is 4.39 Å². The van der Waals surface area contributed by atoms with Crippen LogP contribution in [-0.4, -0.2) is 20.5 Å². The summed E-state index contributed by atoms with van der Waals surface area (Å²) in [4.78, 5) is 14.8. The van der Waals surface area contributed by atoms with E-state index in [9.17, 15) is 9.18 Å². The summed E-state index contributed by atoms with van der Waals surface area (Å²) in [7, 11) is 0. The molecule has 80 valence electrons. The fraction of sp³-hybridized carbons (Fsp3) is 0. The number of rotatable bonds is 1. The van der Waals surface area contributed by atoms with Crippen LogP contribution in [0, 0.1) is 5.95 Å². The molecule has 4 nitrogen and oxygen atoms in total. The Balaban J connectivity index is 2.50. The van der Waals surface area contributed by atoms with Gasteiger partial charge in [0, 0.05) is 0 Å². The molecule has 1 N–H and O–H groups in total. The molecule has 3 aromatic rings. The van der Waals surface area contributed by atoms with Crippen LogP contribution in [-0.2, 0) is 0 Å². The van der Waals surface area contributed by atoms with Crippen molar-refractivity contribution < 1.29 is 14.3 Å². The summed E-state index contributed by atoms with van der Waals surface area (Å²) in [6.07, 6.45) is 0. The van der Waals surface area contributed by atoms with E-state index in [1.807, 2.05) is 12.1 Å². The molecule has 2 heterocycles. The van der Waals surface area contributed by atoms with Crippen LogP contribution in [0.5, 0.6) is 0 Å². The first-order valence-electron chi connectivity index (χ1n) is 4.47. The van der Waals surface area contributed by atoms with Gasteiger partial charge < -0.3 is 5.11 Å². The van der Waals surface area contributed by atoms with Crippen molar-refractivity contribution in [2.45, 2.75) is 0 Å². The Labute approximate surface area is 92.6 Å². The number of aromatic nitrogens is 2. The number of imidazole rings is 1. The van der Waals surface area contributed by atoms with E-state index in [1.165, 1.54) is 15.7 Å². The fourth-order valence-corrected chi connectivity index (χ4v) is 2.64. The number of carboxylic acids is 1. The van der Waals surface area contributed by atoms with E-state index in [4.69, 9.17) is 5.11 Å². The lowest BCUT2D eigenvalue weighted by Gasteiger charge is -1.91. The van der Waals surface area contributed by atoms with Gasteiger partial charge in [-0.2, -0.15) is 4.39 Å². The highest BCUT2D eigenvalue weighted by Gasteiger charge is 2.21. The van der Waals surface area contributed by atoms with Crippen LogP contribution in [0.3, 0.4) is 0 Å². The predicted molar refractivity (Wildman–Crippen MR) is 57.5 cm³/mol. The molecule has 0 aliphatic rings. The van der Waals surface area contributed by atoms with Gasteiger partial charge in [-0.05, 0) is 12.1 Å². The van der Waals surface area contributed by atoms with E-state index >= 15 is 0 Å². The number of thiazole rings is 1. The van der Waals surface area contributed by atoms with Gasteiger partial charge in [-0.1, -0.05) is 23.5 Å². The number of aromatic carboxylic acids is 1. The van der Waals surface area contributed by atoms with E-state index < -0.39 is 17.6 Å². The van der Waals surface area contributed by atoms with Crippen molar-refractivity contribution in [1.29, 1.82) is 0 Å². The normalized spacial score (nSPS) is 11.3. The van der Waals surface area contributed by atoms with Gasteiger partial charge in [0.2, 0.25) is 11.6 Å². The zero-order valence-corrected chi connectivity index (χ0v) is 8.66. The van der Waals surface area contributed by atoms with Crippen LogP contribution in [0.1, 0.15) is 10.5 Å². The van der Waals surface area contributed by atoms with Crippen LogP contribution in [0.25, 0.3) is 15.2 Å². The minimum absolute atomic E-state index is 0.358. The zero-order chi connectivity index (χ0) is 11.3. The van der Waals surface area contributed by atoms with Gasteiger partial charge in [-0.3, -0.25) is 4.40 Å². The summed E-state index contributed by atoms with van der Waals surface area (Å²) in [5, 5.41) is 8.75. The van der Waals surface area contributed by atoms with Gasteiger partial charge in [-0.25, -0.2) is 9.78 Å². The minimum atomic E-state index is -1.35. The maximum absolute atomic E-state index is 13.8. The van der Waals surface area contributed by atoms with Gasteiger partial charge >= 0.3 is 5.97 Å². The topological polar surface area (TPSA) is 54.6 Å². The quantitative estimate of drug-likeness (QED) is 0.705. The maximum atomic E-state index is 13.8. The first kappa shape index (κ1) is 9.29. The van der Waals surface area contributed by atoms with E-state index in [0.717, 1.165) is 4.70 Å². The second-order valence-electron chi connectivity index (χ2n) is 3.24. The predicted octanol–water partition coefficient (Wildman–Crippen LogP) is 2.39. The van der Waals surface area contributed by atoms with Gasteiger partial charge in [0.05, 0.1) is 10.2 Å². The van der Waals surface area contributed by atoms with Crippen molar-refractivity contribution in [1.82, 2.24) is 9.38 Å². The van der Waals surface area contributed by atoms with Crippen molar-refractivity contribution in [3.05, 3.63) is 35.9 Å². The standard InChI is InChI=1S/C10H5FN2O2S/c11-8-7(9(14)15)12-10-13(8)5-3-1-2-4-6(5)16-10/h1-4H,(H,14,15). The maximum Gasteiger partial charge on any atom is 0.359 e. The zero-order valence-electron chi connectivity index (χ0n) is 7.85. The van der Waals surface area contributed by atoms with Crippen LogP contribution < -0.4 is 0 Å². The molecule has 2 aromatic heterocycles. The Morgan fingerprint density at radius 1 is 1.44 bits per heavy atom. The van der Waals surface area contributed by atoms with Crippen LogP contribution in [0.15, 0.2) is 24.3 Å². The Bertz CT molecular complexity index is 716. The molecular formula is C10H5FN2O2S. The van der Waals surface area contributed by atoms with Crippen molar-refractivity contribution in [2.24, 2.45) is 0 Å². The van der Waals surface area contributed by atoms with Gasteiger partial charge in [0.1, 0.15) is 0 Å². The van der Waals surface area contributed by atoms with E-state index in [0.29, 0.717) is 10.5 Å². The SMILES string of the molecule is O=C(O)c1nc2sc3ccccc3n2c1F. The number of hydrogen-bond acceptors (Lipinski definition) is 3. The third kappa shape index (κ3) is 1.07. The molecule has 0 fully saturated rings. The molecule has 0 radical (unpaired) electrons. The van der Waals surface area contributed by atoms with Crippen molar-refractivity contribution in [3.63, 3.8) is 0 Å². The molecule has 3 rings (SSSR count). The molecule has 0 saturated heterocycles. The van der Waals surface area contributed by atoms with Crippen molar-refractivity contribution in [2.75, 3.05) is 0 Å². The van der Waals surface area contributed by atoms with Crippen molar-refractivity contribution in [3.8, 4) is 0 Å². The van der Waals surface area contributed by atoms with Gasteiger partial charge in [-0.15, -0.1) is 0 Å². The molecule has 0 amide bonds. The number of halogens is 1. The molecule has 16 heavy (non-hydrogen) atoms. The monoisotopic (exact) mass is 236 g/mol. The van der Waals surface area contributed by atoms with Crippen LogP contribution >= 0.6 is 11.3 Å². The van der Waals surface area contributed by atoms with E-state index in [2.05, 4.69) is 4.98 Å². The first-order chi connectivity index (χ1) is 7.68. The summed E-state index contributed by atoms with van der Waals surface area (Å²) < 4.78 is 15.9. The highest BCUT2D eigenvalue weighted by Crippen LogP contribution is 2.27. The Morgan fingerprint density at radius 3 is 2.94 bits per heavy atom. The van der Waals surface area contributed by atoms with Crippen LogP contribution in [0.2, 0.25) is 0 Å². The molecule has 0 bridgehead atoms. The lowest BCUT2D eigenvalue weighted by Crippen LogP contribution is -2.00. The number of fused-ring (bicyclic) bond motifs is 3. The summed E-state index contributed by atoms with van der Waals surface area (Å²) in [5.41, 5.74) is 0.108. The lowest BCUT2D eigenvalue weighted by molar-refractivity contribution is 0.0685. The third-order valence-corrected chi connectivity index (χ3v) is 3.32. The molecule has 0 aliphatic heterocycles. The molecule has 0 aliphatic carbocycles. The number of carboxylic acid groups (broad SMARTS) is 1. The van der Waals surface area contributed by atoms with E-state index in [1.54, 1.807) is 12.1 Å². The molecule has 0 spiro atoms. The number of para-hydroxylation sites is 1. The lowest BCUT2D eigenvalue weighted by atomic mass is 10.3. The van der Waals surface area contributed by atoms with Gasteiger partial charge in [0.25, 0.3) is 0 Å². The number of nitrogens with zero attached hydrogens (tertiary/aromatic N) is 2. The molecule has 6 heteroatoms. The van der Waals surface area contributed by atoms with Crippen molar-refractivity contribution >= 4 is 32.5 Å². The average Bonchev–Trinajstić information content (AvgIpc) is 2.75. The summed E-state index contributed by atoms with van der Waals surface area (Å²) in [6, 6.07) is 7.19. The van der Waals surface area contributed by atoms with E-state index in [-0.39, 0.29) is 0 Å². The highest BCUT2D eigenvalue weighted by molar-refractivity contribution is 7.23. The summed E-state index contributed by atoms with van der Waals surface area (Å²) in [6.45, 7) is 0. The molecule has 0 saturated carbocycles. The first-order valence-corrected chi connectivity index (χ1v) is 5.29. The highest BCUT2D eigenvalue weighted by atomic mass is 32.1. The number of benzene rings is 1. The summed E-state index contributed by atoms with van der Waals surface area (Å²) in [5.74, 6) is -2.17. The Hall–Kier alpha value is -1.95. The third-order valence-electron chi connectivity index (χ3n) is 2.30. The number of carbonyl (C=O) groups is 1. The average molecular weight is 236 g/mol. The minimum Gasteiger partial charge on any atom is -0.476 e.